The Bertz CT molecular complexity index is 1400. The number of imide groups is 1. The van der Waals surface area contributed by atoms with Crippen LogP contribution >= 0.6 is 0 Å². The Kier molecular flexibility index (Phi) is 7.18. The largest absolute Gasteiger partial charge is 0.416 e. The Morgan fingerprint density at radius 1 is 1.00 bits per heavy atom. The molecule has 224 valence electrons. The molecule has 0 radical (unpaired) electrons. The van der Waals surface area contributed by atoms with Crippen LogP contribution in [0.2, 0.25) is 0 Å². The number of amides is 3. The molecule has 42 heavy (non-hydrogen) atoms. The Morgan fingerprint density at radius 3 is 2.38 bits per heavy atom. The lowest BCUT2D eigenvalue weighted by molar-refractivity contribution is -0.164. The summed E-state index contributed by atoms with van der Waals surface area (Å²) in [6, 6.07) is 10.1. The highest BCUT2D eigenvalue weighted by atomic mass is 19.4. The quantitative estimate of drug-likeness (QED) is 0.536. The van der Waals surface area contributed by atoms with E-state index in [-0.39, 0.29) is 31.2 Å². The standard InChI is InChI=1S/C31H35F3N4O4/c1-36-13-10-29(11-14-36)19-37(17-20-2-4-22(5-3-20)31(32,33)34)15-12-30(29,42)23-6-7-24-21(16-23)18-38(28(24)41)25-8-9-26(39)35-27(25)40/h2-7,16,25,42H,8-15,17-19H2,1H3,(H,35,39,40). The van der Waals surface area contributed by atoms with Crippen molar-refractivity contribution in [2.45, 2.75) is 63.0 Å². The number of hydrogen-bond acceptors (Lipinski definition) is 6. The number of benzene rings is 2. The molecule has 0 aliphatic carbocycles. The smallest absolute Gasteiger partial charge is 0.384 e. The van der Waals surface area contributed by atoms with Crippen molar-refractivity contribution in [1.29, 1.82) is 0 Å². The number of hydrogen-bond donors (Lipinski definition) is 2. The molecule has 0 saturated carbocycles. The van der Waals surface area contributed by atoms with E-state index < -0.39 is 34.7 Å². The third-order valence-corrected chi connectivity index (χ3v) is 9.83. The van der Waals surface area contributed by atoms with E-state index in [0.717, 1.165) is 54.8 Å². The van der Waals surface area contributed by atoms with E-state index in [4.69, 9.17) is 0 Å². The second-order valence-electron chi connectivity index (χ2n) is 12.4. The second kappa shape index (κ2) is 10.5. The number of nitrogens with one attached hydrogen (secondary N) is 1. The predicted molar refractivity (Wildman–Crippen MR) is 147 cm³/mol. The Balaban J connectivity index is 1.25. The summed E-state index contributed by atoms with van der Waals surface area (Å²) in [4.78, 5) is 43.3. The summed E-state index contributed by atoms with van der Waals surface area (Å²) in [7, 11) is 2.05. The lowest BCUT2D eigenvalue weighted by Crippen LogP contribution is -2.61. The average Bonchev–Trinajstić information content (AvgIpc) is 3.27. The van der Waals surface area contributed by atoms with Gasteiger partial charge in [0.25, 0.3) is 5.91 Å². The van der Waals surface area contributed by atoms with Gasteiger partial charge in [0.05, 0.1) is 11.2 Å². The number of fused-ring (bicyclic) bond motifs is 1. The zero-order valence-electron chi connectivity index (χ0n) is 23.5. The van der Waals surface area contributed by atoms with Gasteiger partial charge in [-0.15, -0.1) is 0 Å². The maximum atomic E-state index is 13.2. The molecule has 3 fully saturated rings. The number of piperidine rings is 3. The monoisotopic (exact) mass is 584 g/mol. The van der Waals surface area contributed by atoms with Gasteiger partial charge in [-0.25, -0.2) is 0 Å². The highest BCUT2D eigenvalue weighted by Crippen LogP contribution is 2.53. The molecule has 4 aliphatic rings. The fraction of sp³-hybridized carbons (Fsp3) is 0.516. The van der Waals surface area contributed by atoms with Crippen molar-refractivity contribution in [2.75, 3.05) is 33.2 Å². The molecule has 3 saturated heterocycles. The zero-order chi connectivity index (χ0) is 29.9. The number of likely N-dealkylation sites (tertiary alicyclic amines) is 2. The van der Waals surface area contributed by atoms with Gasteiger partial charge >= 0.3 is 6.18 Å². The number of halogens is 3. The van der Waals surface area contributed by atoms with E-state index in [2.05, 4.69) is 22.2 Å². The lowest BCUT2D eigenvalue weighted by Gasteiger charge is -2.57. The number of rotatable bonds is 4. The minimum Gasteiger partial charge on any atom is -0.384 e. The van der Waals surface area contributed by atoms with Crippen molar-refractivity contribution in [3.63, 3.8) is 0 Å². The lowest BCUT2D eigenvalue weighted by atomic mass is 9.59. The summed E-state index contributed by atoms with van der Waals surface area (Å²) >= 11 is 0. The van der Waals surface area contributed by atoms with Gasteiger partial charge in [0.1, 0.15) is 6.04 Å². The first-order valence-electron chi connectivity index (χ1n) is 14.5. The summed E-state index contributed by atoms with van der Waals surface area (Å²) in [5.41, 5.74) is 0.487. The molecule has 3 amide bonds. The molecule has 2 unspecified atom stereocenters. The topological polar surface area (TPSA) is 93.2 Å². The van der Waals surface area contributed by atoms with Crippen molar-refractivity contribution in [2.24, 2.45) is 5.41 Å². The summed E-state index contributed by atoms with van der Waals surface area (Å²) in [6.45, 7) is 3.50. The van der Waals surface area contributed by atoms with E-state index in [1.54, 1.807) is 6.07 Å². The molecule has 4 heterocycles. The third-order valence-electron chi connectivity index (χ3n) is 9.83. The number of nitrogens with zero attached hydrogens (tertiary/aromatic N) is 3. The maximum absolute atomic E-state index is 13.2. The minimum atomic E-state index is -4.38. The minimum absolute atomic E-state index is 0.182. The molecule has 4 aliphatic heterocycles. The van der Waals surface area contributed by atoms with Gasteiger partial charge in [-0.1, -0.05) is 24.3 Å². The molecule has 6 rings (SSSR count). The first kappa shape index (κ1) is 28.8. The van der Waals surface area contributed by atoms with Gasteiger partial charge in [0.2, 0.25) is 11.8 Å². The van der Waals surface area contributed by atoms with Crippen molar-refractivity contribution in [1.82, 2.24) is 20.0 Å². The summed E-state index contributed by atoms with van der Waals surface area (Å²) in [5.74, 6) is -1.05. The van der Waals surface area contributed by atoms with Gasteiger partial charge in [-0.05, 0) is 80.7 Å². The molecular weight excluding hydrogens is 549 g/mol. The second-order valence-corrected chi connectivity index (χ2v) is 12.4. The first-order chi connectivity index (χ1) is 19.9. The predicted octanol–water partition coefficient (Wildman–Crippen LogP) is 3.27. The Morgan fingerprint density at radius 2 is 1.71 bits per heavy atom. The van der Waals surface area contributed by atoms with Crippen LogP contribution in [0, 0.1) is 5.41 Å². The van der Waals surface area contributed by atoms with Crippen molar-refractivity contribution in [3.05, 3.63) is 70.3 Å². The molecule has 11 heteroatoms. The van der Waals surface area contributed by atoms with Crippen molar-refractivity contribution in [3.8, 4) is 0 Å². The van der Waals surface area contributed by atoms with Crippen LogP contribution in [0.1, 0.15) is 64.7 Å². The molecule has 1 spiro atoms. The van der Waals surface area contributed by atoms with Crippen LogP contribution in [-0.2, 0) is 34.5 Å². The molecule has 2 aromatic rings. The van der Waals surface area contributed by atoms with Gasteiger partial charge < -0.3 is 14.9 Å². The maximum Gasteiger partial charge on any atom is 0.416 e. The molecule has 2 atom stereocenters. The van der Waals surface area contributed by atoms with E-state index in [1.807, 2.05) is 12.1 Å². The molecular formula is C31H35F3N4O4. The van der Waals surface area contributed by atoms with Gasteiger partial charge in [0, 0.05) is 43.6 Å². The summed E-state index contributed by atoms with van der Waals surface area (Å²) < 4.78 is 39.2. The van der Waals surface area contributed by atoms with Gasteiger partial charge in [-0.2, -0.15) is 13.2 Å². The molecule has 2 N–H and O–H groups in total. The van der Waals surface area contributed by atoms with Gasteiger partial charge in [-0.3, -0.25) is 24.6 Å². The van der Waals surface area contributed by atoms with Gasteiger partial charge in [0.15, 0.2) is 0 Å². The molecule has 0 bridgehead atoms. The Labute approximate surface area is 242 Å². The molecule has 2 aromatic carbocycles. The summed E-state index contributed by atoms with van der Waals surface area (Å²) in [6.07, 6.45) is -1.96. The van der Waals surface area contributed by atoms with Crippen LogP contribution in [0.4, 0.5) is 13.2 Å². The Hall–Kier alpha value is -3.28. The summed E-state index contributed by atoms with van der Waals surface area (Å²) in [5, 5.41) is 14.9. The van der Waals surface area contributed by atoms with Crippen LogP contribution in [0.5, 0.6) is 0 Å². The van der Waals surface area contributed by atoms with Crippen LogP contribution in [0.15, 0.2) is 42.5 Å². The normalized spacial score (nSPS) is 26.9. The zero-order valence-corrected chi connectivity index (χ0v) is 23.5. The molecule has 8 nitrogen and oxygen atoms in total. The SMILES string of the molecule is CN1CCC2(CC1)CN(Cc1ccc(C(F)(F)F)cc1)CCC2(O)c1ccc2c(c1)CN(C1CCC(=O)NC1=O)C2=O. The van der Waals surface area contributed by atoms with Crippen LogP contribution in [0.3, 0.4) is 0 Å². The van der Waals surface area contributed by atoms with E-state index in [9.17, 15) is 32.7 Å². The highest BCUT2D eigenvalue weighted by Gasteiger charge is 2.55. The van der Waals surface area contributed by atoms with Crippen molar-refractivity contribution < 1.29 is 32.7 Å². The fourth-order valence-corrected chi connectivity index (χ4v) is 7.32. The number of carbonyl (C=O) groups is 3. The number of alkyl halides is 3. The van der Waals surface area contributed by atoms with Crippen LogP contribution in [-0.4, -0.2) is 76.8 Å². The highest BCUT2D eigenvalue weighted by molar-refractivity contribution is 6.05. The van der Waals surface area contributed by atoms with E-state index >= 15 is 0 Å². The third kappa shape index (κ3) is 5.01. The van der Waals surface area contributed by atoms with E-state index in [1.165, 1.54) is 17.0 Å². The van der Waals surface area contributed by atoms with Crippen molar-refractivity contribution >= 4 is 17.7 Å². The number of carbonyl (C=O) groups excluding carboxylic acids is 3. The molecule has 0 aromatic heterocycles. The average molecular weight is 585 g/mol. The van der Waals surface area contributed by atoms with E-state index in [0.29, 0.717) is 31.6 Å². The number of aliphatic hydroxyl groups is 1. The van der Waals surface area contributed by atoms with Crippen LogP contribution < -0.4 is 5.32 Å². The van der Waals surface area contributed by atoms with Crippen LogP contribution in [0.25, 0.3) is 0 Å². The first-order valence-corrected chi connectivity index (χ1v) is 14.5. The fourth-order valence-electron chi connectivity index (χ4n) is 7.32.